The molecule has 1 atom stereocenters. The van der Waals surface area contributed by atoms with Crippen LogP contribution in [0, 0.1) is 5.82 Å². The molecule has 0 aliphatic rings. The lowest BCUT2D eigenvalue weighted by molar-refractivity contribution is -0.122. The van der Waals surface area contributed by atoms with Crippen LogP contribution >= 0.6 is 27.5 Å². The van der Waals surface area contributed by atoms with E-state index in [0.717, 1.165) is 5.52 Å². The number of carbonyl (C=O) groups excluding carboxylic acids is 1. The Balaban J connectivity index is 2.32. The van der Waals surface area contributed by atoms with Crippen LogP contribution in [0.3, 0.4) is 0 Å². The van der Waals surface area contributed by atoms with E-state index in [-0.39, 0.29) is 24.4 Å². The van der Waals surface area contributed by atoms with Gasteiger partial charge in [-0.05, 0) is 28.9 Å². The lowest BCUT2D eigenvalue weighted by Gasteiger charge is -2.10. The van der Waals surface area contributed by atoms with Crippen molar-refractivity contribution in [1.82, 2.24) is 9.55 Å². The van der Waals surface area contributed by atoms with Crippen LogP contribution in [0.5, 0.6) is 0 Å². The van der Waals surface area contributed by atoms with Crippen molar-refractivity contribution >= 4 is 44.5 Å². The Hall–Kier alpha value is -1.18. The van der Waals surface area contributed by atoms with Crippen LogP contribution in [0.4, 0.5) is 4.39 Å². The number of rotatable bonds is 6. The summed E-state index contributed by atoms with van der Waals surface area (Å²) < 4.78 is 20.9. The van der Waals surface area contributed by atoms with E-state index in [0.29, 0.717) is 22.4 Å². The van der Waals surface area contributed by atoms with E-state index in [1.807, 2.05) is 4.57 Å². The summed E-state index contributed by atoms with van der Waals surface area (Å²) in [6.45, 7) is 2.36. The van der Waals surface area contributed by atoms with Crippen molar-refractivity contribution in [2.75, 3.05) is 13.2 Å². The summed E-state index contributed by atoms with van der Waals surface area (Å²) in [6, 6.07) is 3.00. The Labute approximate surface area is 134 Å². The van der Waals surface area contributed by atoms with Gasteiger partial charge in [-0.2, -0.15) is 0 Å². The normalized spacial score (nSPS) is 12.8. The summed E-state index contributed by atoms with van der Waals surface area (Å²) in [4.78, 5) is 15.0. The molecule has 8 heteroatoms. The topological polar surface area (TPSA) is 70.1 Å². The summed E-state index contributed by atoms with van der Waals surface area (Å²) >= 11 is 9.28. The second-order valence-corrected chi connectivity index (χ2v) is 6.02. The van der Waals surface area contributed by atoms with Gasteiger partial charge in [0, 0.05) is 12.6 Å². The van der Waals surface area contributed by atoms with Crippen LogP contribution in [0.2, 0.25) is 0 Å². The lowest BCUT2D eigenvalue weighted by Crippen LogP contribution is -2.20. The maximum absolute atomic E-state index is 13.6. The zero-order valence-electron chi connectivity index (χ0n) is 11.3. The Morgan fingerprint density at radius 3 is 2.95 bits per heavy atom. The molecular weight excluding hydrogens is 365 g/mol. The van der Waals surface area contributed by atoms with Crippen LogP contribution in [-0.2, 0) is 16.1 Å². The quantitative estimate of drug-likeness (QED) is 0.621. The van der Waals surface area contributed by atoms with Crippen molar-refractivity contribution in [3.63, 3.8) is 0 Å². The van der Waals surface area contributed by atoms with E-state index in [2.05, 4.69) is 20.9 Å². The third kappa shape index (κ3) is 3.72. The second kappa shape index (κ2) is 6.72. The van der Waals surface area contributed by atoms with Gasteiger partial charge >= 0.3 is 0 Å². The standard InChI is InChI=1S/C13H14BrClFN3O2/c1-7(15)13-18-10-5-9(16)8(14)4-11(10)19(13)2-3-21-6-12(17)20/h4-5,7H,2-3,6H2,1H3,(H2,17,20). The monoisotopic (exact) mass is 377 g/mol. The van der Waals surface area contributed by atoms with Gasteiger partial charge in [0.15, 0.2) is 0 Å². The number of ether oxygens (including phenoxy) is 1. The summed E-state index contributed by atoms with van der Waals surface area (Å²) in [6.07, 6.45) is 0. The van der Waals surface area contributed by atoms with Gasteiger partial charge in [0.2, 0.25) is 5.91 Å². The lowest BCUT2D eigenvalue weighted by atomic mass is 10.3. The van der Waals surface area contributed by atoms with Crippen LogP contribution in [-0.4, -0.2) is 28.7 Å². The number of benzene rings is 1. The number of imidazole rings is 1. The number of nitrogens with two attached hydrogens (primary N) is 1. The molecule has 2 aromatic rings. The Kier molecular flexibility index (Phi) is 5.18. The number of primary amides is 1. The van der Waals surface area contributed by atoms with Crippen LogP contribution in [0.25, 0.3) is 11.0 Å². The molecule has 114 valence electrons. The Morgan fingerprint density at radius 1 is 1.62 bits per heavy atom. The van der Waals surface area contributed by atoms with E-state index in [4.69, 9.17) is 22.1 Å². The van der Waals surface area contributed by atoms with Crippen molar-refractivity contribution in [2.45, 2.75) is 18.8 Å². The maximum atomic E-state index is 13.6. The van der Waals surface area contributed by atoms with Gasteiger partial charge in [-0.15, -0.1) is 11.6 Å². The molecule has 0 saturated carbocycles. The van der Waals surface area contributed by atoms with Crippen LogP contribution in [0.15, 0.2) is 16.6 Å². The number of nitrogens with zero attached hydrogens (tertiary/aromatic N) is 2. The van der Waals surface area contributed by atoms with E-state index < -0.39 is 5.91 Å². The average Bonchev–Trinajstić information content (AvgIpc) is 2.73. The fourth-order valence-corrected chi connectivity index (χ4v) is 2.50. The second-order valence-electron chi connectivity index (χ2n) is 4.51. The molecule has 1 heterocycles. The smallest absolute Gasteiger partial charge is 0.243 e. The molecule has 0 fully saturated rings. The molecule has 1 aromatic heterocycles. The number of halogens is 3. The van der Waals surface area contributed by atoms with Gasteiger partial charge in [-0.1, -0.05) is 0 Å². The average molecular weight is 379 g/mol. The first kappa shape index (κ1) is 16.2. The summed E-state index contributed by atoms with van der Waals surface area (Å²) in [5.74, 6) is -0.293. The first-order valence-electron chi connectivity index (χ1n) is 6.25. The van der Waals surface area contributed by atoms with Gasteiger partial charge in [0.05, 0.1) is 27.5 Å². The van der Waals surface area contributed by atoms with Gasteiger partial charge in [-0.25, -0.2) is 9.37 Å². The fraction of sp³-hybridized carbons (Fsp3) is 0.385. The molecule has 2 N–H and O–H groups in total. The van der Waals surface area contributed by atoms with Crippen LogP contribution in [0.1, 0.15) is 18.1 Å². The molecule has 1 amide bonds. The molecule has 0 saturated heterocycles. The summed E-state index contributed by atoms with van der Waals surface area (Å²) in [7, 11) is 0. The number of hydrogen-bond donors (Lipinski definition) is 1. The highest BCUT2D eigenvalue weighted by Crippen LogP contribution is 2.28. The Bertz CT molecular complexity index is 675. The number of fused-ring (bicyclic) bond motifs is 1. The summed E-state index contributed by atoms with van der Waals surface area (Å²) in [5, 5.41) is -0.338. The maximum Gasteiger partial charge on any atom is 0.243 e. The first-order valence-corrected chi connectivity index (χ1v) is 7.48. The third-order valence-electron chi connectivity index (χ3n) is 2.88. The van der Waals surface area contributed by atoms with Crippen LogP contribution < -0.4 is 5.73 Å². The molecule has 0 bridgehead atoms. The molecule has 1 unspecified atom stereocenters. The highest BCUT2D eigenvalue weighted by Gasteiger charge is 2.16. The van der Waals surface area contributed by atoms with Crippen molar-refractivity contribution < 1.29 is 13.9 Å². The van der Waals surface area contributed by atoms with Gasteiger partial charge in [0.1, 0.15) is 18.2 Å². The minimum Gasteiger partial charge on any atom is -0.370 e. The zero-order valence-corrected chi connectivity index (χ0v) is 13.6. The Morgan fingerprint density at radius 2 is 2.33 bits per heavy atom. The highest BCUT2D eigenvalue weighted by atomic mass is 79.9. The minimum atomic E-state index is -0.527. The van der Waals surface area contributed by atoms with Gasteiger partial charge in [0.25, 0.3) is 0 Å². The SMILES string of the molecule is CC(Cl)c1nc2cc(F)c(Br)cc2n1CCOCC(N)=O. The molecule has 0 aliphatic carbocycles. The highest BCUT2D eigenvalue weighted by molar-refractivity contribution is 9.10. The number of carbonyl (C=O) groups is 1. The number of alkyl halides is 1. The molecule has 0 radical (unpaired) electrons. The molecule has 5 nitrogen and oxygen atoms in total. The third-order valence-corrected chi connectivity index (χ3v) is 3.68. The van der Waals surface area contributed by atoms with Crippen molar-refractivity contribution in [3.8, 4) is 0 Å². The largest absolute Gasteiger partial charge is 0.370 e. The van der Waals surface area contributed by atoms with Crippen molar-refractivity contribution in [1.29, 1.82) is 0 Å². The molecule has 21 heavy (non-hydrogen) atoms. The first-order chi connectivity index (χ1) is 9.90. The van der Waals surface area contributed by atoms with E-state index >= 15 is 0 Å². The van der Waals surface area contributed by atoms with Gasteiger partial charge < -0.3 is 15.0 Å². The van der Waals surface area contributed by atoms with E-state index in [1.165, 1.54) is 6.07 Å². The minimum absolute atomic E-state index is 0.142. The van der Waals surface area contributed by atoms with Crippen molar-refractivity contribution in [3.05, 3.63) is 28.2 Å². The predicted molar refractivity (Wildman–Crippen MR) is 81.7 cm³/mol. The molecule has 0 spiro atoms. The zero-order chi connectivity index (χ0) is 15.6. The number of amides is 1. The molecule has 0 aliphatic heterocycles. The molecule has 2 rings (SSSR count). The van der Waals surface area contributed by atoms with Gasteiger partial charge in [-0.3, -0.25) is 4.79 Å². The summed E-state index contributed by atoms with van der Waals surface area (Å²) in [5.41, 5.74) is 6.27. The fourth-order valence-electron chi connectivity index (χ4n) is 2.01. The molecule has 1 aromatic carbocycles. The van der Waals surface area contributed by atoms with E-state index in [1.54, 1.807) is 13.0 Å². The number of aromatic nitrogens is 2. The van der Waals surface area contributed by atoms with Crippen molar-refractivity contribution in [2.24, 2.45) is 5.73 Å². The predicted octanol–water partition coefficient (Wildman–Crippen LogP) is 2.74. The van der Waals surface area contributed by atoms with E-state index in [9.17, 15) is 9.18 Å². The number of hydrogen-bond acceptors (Lipinski definition) is 3. The molecular formula is C13H14BrClFN3O2.